The van der Waals surface area contributed by atoms with E-state index in [1.54, 1.807) is 0 Å². The average molecular weight is 184 g/mol. The van der Waals surface area contributed by atoms with E-state index in [2.05, 4.69) is 0 Å². The van der Waals surface area contributed by atoms with E-state index in [1.165, 1.54) is 0 Å². The Bertz CT molecular complexity index is 85.6. The minimum absolute atomic E-state index is 0. The van der Waals surface area contributed by atoms with Gasteiger partial charge in [-0.05, 0) is 0 Å². The fourth-order valence-electron chi connectivity index (χ4n) is 0. The van der Waals surface area contributed by atoms with E-state index in [-0.39, 0.29) is 71.7 Å². The number of aldehydes is 2. The Morgan fingerprint density at radius 3 is 1.10 bits per heavy atom. The smallest absolute Gasteiger partial charge is 0.784 e. The normalized spacial score (nSPS) is 5.50. The fraction of sp³-hybridized carbons (Fsp3) is 0. The largest absolute Gasteiger partial charge is 1.00 e. The maximum Gasteiger partial charge on any atom is 1.00 e. The molecule has 0 radical (unpaired) electrons. The van der Waals surface area contributed by atoms with Gasteiger partial charge in [0.05, 0.1) is 0 Å². The van der Waals surface area contributed by atoms with Crippen LogP contribution in [0.4, 0.5) is 0 Å². The first-order valence-electron chi connectivity index (χ1n) is 1.30. The number of rotatable bonds is 1. The average Bonchev–Trinajstić information content (AvgIpc) is 1.65. The summed E-state index contributed by atoms with van der Waals surface area (Å²) in [6.45, 7) is 0. The summed E-state index contributed by atoms with van der Waals surface area (Å²) in [4.78, 5) is 17.6. The first-order chi connectivity index (χ1) is 3.65. The molecule has 0 amide bonds. The van der Waals surface area contributed by atoms with Crippen molar-refractivity contribution in [2.75, 3.05) is 0 Å². The van der Waals surface area contributed by atoms with Gasteiger partial charge in [-0.1, -0.05) is 0 Å². The van der Waals surface area contributed by atoms with Crippen molar-refractivity contribution in [3.63, 3.8) is 0 Å². The van der Waals surface area contributed by atoms with Gasteiger partial charge in [0.1, 0.15) is 0 Å². The molecule has 48 valence electrons. The van der Waals surface area contributed by atoms with Gasteiger partial charge in [0, 0.05) is 0 Å². The van der Waals surface area contributed by atoms with Crippen molar-refractivity contribution in [1.29, 1.82) is 0 Å². The first-order valence-corrected chi connectivity index (χ1v) is 2.30. The van der Waals surface area contributed by atoms with Gasteiger partial charge in [-0.3, -0.25) is 13.8 Å². The summed E-state index contributed by atoms with van der Waals surface area (Å²) in [6.07, 6.45) is 0.389. The van der Waals surface area contributed by atoms with Crippen molar-refractivity contribution in [2.45, 2.75) is 0 Å². The van der Waals surface area contributed by atoms with Gasteiger partial charge in [0.2, 0.25) is 0 Å². The topological polar surface area (TPSA) is 97.3 Å². The molecule has 0 saturated carbocycles. The SMILES string of the molecule is O=CC=O.O=S([O-])[O-].[Na+].[Na+]. The molecule has 5 nitrogen and oxygen atoms in total. The third-order valence-electron chi connectivity index (χ3n) is 0.0556. The van der Waals surface area contributed by atoms with Crippen LogP contribution >= 0.6 is 0 Å². The summed E-state index contributed by atoms with van der Waals surface area (Å²) in [5, 5.41) is 0. The zero-order chi connectivity index (χ0) is 6.99. The Hall–Kier alpha value is 1.41. The zero-order valence-electron chi connectivity index (χ0n) is 5.60. The quantitative estimate of drug-likeness (QED) is 0.174. The van der Waals surface area contributed by atoms with Crippen molar-refractivity contribution in [1.82, 2.24) is 0 Å². The van der Waals surface area contributed by atoms with Gasteiger partial charge in [0.25, 0.3) is 0 Å². The van der Waals surface area contributed by atoms with E-state index in [0.717, 1.165) is 0 Å². The van der Waals surface area contributed by atoms with Crippen LogP contribution < -0.4 is 59.1 Å². The molecule has 0 N–H and O–H groups in total. The van der Waals surface area contributed by atoms with Gasteiger partial charge in [-0.15, -0.1) is 11.4 Å². The minimum Gasteiger partial charge on any atom is -0.784 e. The van der Waals surface area contributed by atoms with Crippen LogP contribution in [0.15, 0.2) is 0 Å². The van der Waals surface area contributed by atoms with Gasteiger partial charge in [-0.2, -0.15) is 0 Å². The molecule has 0 aromatic heterocycles. The van der Waals surface area contributed by atoms with E-state index in [9.17, 15) is 0 Å². The number of hydrogen-bond acceptors (Lipinski definition) is 5. The molecule has 0 aliphatic rings. The van der Waals surface area contributed by atoms with Crippen molar-refractivity contribution in [2.24, 2.45) is 0 Å². The Balaban J connectivity index is -0.0000000300. The molecule has 8 heteroatoms. The number of carbonyl (C=O) groups excluding carboxylic acids is 2. The monoisotopic (exact) mass is 184 g/mol. The zero-order valence-corrected chi connectivity index (χ0v) is 10.4. The van der Waals surface area contributed by atoms with Crippen LogP contribution in [0.25, 0.3) is 0 Å². The summed E-state index contributed by atoms with van der Waals surface area (Å²) >= 11 is -3.11. The second-order valence-electron chi connectivity index (χ2n) is 0.476. The summed E-state index contributed by atoms with van der Waals surface area (Å²) in [5.41, 5.74) is 0. The Labute approximate surface area is 105 Å². The molecule has 0 atom stereocenters. The molecule has 0 unspecified atom stereocenters. The molecule has 0 aliphatic heterocycles. The molecule has 0 heterocycles. The van der Waals surface area contributed by atoms with E-state index in [1.807, 2.05) is 0 Å². The molecule has 0 aliphatic carbocycles. The van der Waals surface area contributed by atoms with Crippen LogP contribution in [-0.2, 0) is 21.0 Å². The van der Waals surface area contributed by atoms with Crippen molar-refractivity contribution in [3.05, 3.63) is 0 Å². The number of hydrogen-bond donors (Lipinski definition) is 0. The van der Waals surface area contributed by atoms with Gasteiger partial charge in [-0.25, -0.2) is 0 Å². The molecule has 0 spiro atoms. The first kappa shape index (κ1) is 22.5. The number of carbonyl (C=O) groups is 2. The van der Waals surface area contributed by atoms with Crippen molar-refractivity contribution < 1.29 is 82.0 Å². The van der Waals surface area contributed by atoms with Crippen LogP contribution in [0.5, 0.6) is 0 Å². The summed E-state index contributed by atoms with van der Waals surface area (Å²) in [5.74, 6) is 0. The predicted octanol–water partition coefficient (Wildman–Crippen LogP) is -7.61. The molecule has 0 bridgehead atoms. The summed E-state index contributed by atoms with van der Waals surface area (Å²) in [6, 6.07) is 0. The van der Waals surface area contributed by atoms with Crippen LogP contribution in [-0.4, -0.2) is 25.9 Å². The maximum absolute atomic E-state index is 8.81. The van der Waals surface area contributed by atoms with E-state index in [0.29, 0.717) is 0 Å². The molecule has 0 aromatic carbocycles. The van der Waals surface area contributed by atoms with Crippen LogP contribution in [0.3, 0.4) is 0 Å². The Morgan fingerprint density at radius 2 is 1.10 bits per heavy atom. The van der Waals surface area contributed by atoms with E-state index in [4.69, 9.17) is 22.9 Å². The molecule has 0 aromatic rings. The standard InChI is InChI=1S/C2H2O2.2Na.H2O3S/c3-1-2-4;;;1-4(2)3/h1-2H;;;(H2,1,2,3)/q;2*+1;/p-2. The van der Waals surface area contributed by atoms with E-state index >= 15 is 0 Å². The Kier molecular flexibility index (Phi) is 50.5. The van der Waals surface area contributed by atoms with Gasteiger partial charge < -0.3 is 9.11 Å². The predicted molar refractivity (Wildman–Crippen MR) is 21.8 cm³/mol. The van der Waals surface area contributed by atoms with Crippen LogP contribution in [0.1, 0.15) is 0 Å². The Morgan fingerprint density at radius 1 is 1.00 bits per heavy atom. The molecule has 0 rings (SSSR count). The van der Waals surface area contributed by atoms with Crippen LogP contribution in [0.2, 0.25) is 0 Å². The molecule has 10 heavy (non-hydrogen) atoms. The second kappa shape index (κ2) is 22.4. The van der Waals surface area contributed by atoms with Gasteiger partial charge in [0.15, 0.2) is 12.6 Å². The van der Waals surface area contributed by atoms with Crippen molar-refractivity contribution >= 4 is 23.9 Å². The maximum atomic E-state index is 8.81. The van der Waals surface area contributed by atoms with E-state index < -0.39 is 11.4 Å². The van der Waals surface area contributed by atoms with Crippen molar-refractivity contribution in [3.8, 4) is 0 Å². The third-order valence-corrected chi connectivity index (χ3v) is 0.0556. The minimum atomic E-state index is -3.11. The fourth-order valence-corrected chi connectivity index (χ4v) is 0. The molecule has 0 saturated heterocycles. The molecular formula is C2H2Na2O5S. The third kappa shape index (κ3) is 115. The summed E-state index contributed by atoms with van der Waals surface area (Å²) in [7, 11) is 0. The molecule has 0 fully saturated rings. The van der Waals surface area contributed by atoms with Gasteiger partial charge >= 0.3 is 59.1 Å². The second-order valence-corrected chi connectivity index (χ2v) is 0.885. The molecular weight excluding hydrogens is 182 g/mol. The van der Waals surface area contributed by atoms with Crippen LogP contribution in [0, 0.1) is 0 Å². The summed E-state index contributed by atoms with van der Waals surface area (Å²) < 4.78 is 25.3.